The van der Waals surface area contributed by atoms with E-state index in [0.717, 1.165) is 0 Å². The highest BCUT2D eigenvalue weighted by Gasteiger charge is 2.17. The average molecular weight is 291 g/mol. The number of aliphatic hydroxyl groups is 1. The van der Waals surface area contributed by atoms with E-state index in [1.165, 1.54) is 6.20 Å². The number of hydrogen-bond acceptors (Lipinski definition) is 3. The van der Waals surface area contributed by atoms with Crippen molar-refractivity contribution in [3.63, 3.8) is 0 Å². The molecule has 0 aliphatic carbocycles. The van der Waals surface area contributed by atoms with Gasteiger partial charge in [-0.05, 0) is 12.8 Å². The quantitative estimate of drug-likeness (QED) is 0.895. The maximum Gasteiger partial charge on any atom is 0.254 e. The third-order valence-electron chi connectivity index (χ3n) is 2.62. The van der Waals surface area contributed by atoms with Crippen LogP contribution in [0.5, 0.6) is 0 Å². The van der Waals surface area contributed by atoms with Crippen LogP contribution in [0, 0.1) is 12.8 Å². The zero-order valence-corrected chi connectivity index (χ0v) is 12.0. The average Bonchev–Trinajstić information content (AvgIpc) is 2.32. The topological polar surface area (TPSA) is 62.2 Å². The Hall–Kier alpha value is -0.840. The Kier molecular flexibility index (Phi) is 5.38. The highest BCUT2D eigenvalue weighted by atomic mass is 35.5. The number of nitrogens with zero attached hydrogens (tertiary/aromatic N) is 1. The van der Waals surface area contributed by atoms with E-state index in [-0.39, 0.29) is 28.1 Å². The molecule has 0 saturated heterocycles. The molecular formula is C12H16Cl2N2O2. The first-order valence-electron chi connectivity index (χ1n) is 5.61. The molecule has 0 aliphatic rings. The molecule has 1 rings (SSSR count). The van der Waals surface area contributed by atoms with Gasteiger partial charge < -0.3 is 10.4 Å². The summed E-state index contributed by atoms with van der Waals surface area (Å²) in [4.78, 5) is 15.8. The molecule has 1 aromatic rings. The number of nitrogens with one attached hydrogen (secondary N) is 1. The summed E-state index contributed by atoms with van der Waals surface area (Å²) in [5.41, 5.74) is 0.781. The first kappa shape index (κ1) is 15.2. The van der Waals surface area contributed by atoms with E-state index >= 15 is 0 Å². The highest BCUT2D eigenvalue weighted by molar-refractivity contribution is 6.44. The third-order valence-corrected chi connectivity index (χ3v) is 3.57. The molecule has 100 valence electrons. The molecule has 0 saturated carbocycles. The van der Waals surface area contributed by atoms with Gasteiger partial charge in [-0.3, -0.25) is 9.78 Å². The van der Waals surface area contributed by atoms with Crippen LogP contribution in [-0.4, -0.2) is 28.6 Å². The fourth-order valence-electron chi connectivity index (χ4n) is 1.24. The molecule has 1 aromatic heterocycles. The van der Waals surface area contributed by atoms with Crippen molar-refractivity contribution < 1.29 is 9.90 Å². The summed E-state index contributed by atoms with van der Waals surface area (Å²) in [6.45, 7) is 5.61. The lowest BCUT2D eigenvalue weighted by Gasteiger charge is -2.15. The van der Waals surface area contributed by atoms with Gasteiger partial charge in [-0.25, -0.2) is 0 Å². The Labute approximate surface area is 116 Å². The van der Waals surface area contributed by atoms with Gasteiger partial charge in [0, 0.05) is 12.7 Å². The molecule has 0 aromatic carbocycles. The molecule has 1 heterocycles. The monoisotopic (exact) mass is 290 g/mol. The SMILES string of the molecule is Cc1ncc(C(=O)NC[C@@H](O)C(C)C)c(Cl)c1Cl. The van der Waals surface area contributed by atoms with Crippen molar-refractivity contribution in [2.75, 3.05) is 6.54 Å². The maximum atomic E-state index is 11.9. The fourth-order valence-corrected chi connectivity index (χ4v) is 1.66. The molecule has 0 fully saturated rings. The number of pyridine rings is 1. The van der Waals surface area contributed by atoms with Gasteiger partial charge in [-0.2, -0.15) is 0 Å². The lowest BCUT2D eigenvalue weighted by Crippen LogP contribution is -2.34. The van der Waals surface area contributed by atoms with Crippen molar-refractivity contribution in [1.82, 2.24) is 10.3 Å². The van der Waals surface area contributed by atoms with E-state index in [2.05, 4.69) is 10.3 Å². The Balaban J connectivity index is 2.77. The minimum atomic E-state index is -0.596. The minimum absolute atomic E-state index is 0.0699. The minimum Gasteiger partial charge on any atom is -0.391 e. The van der Waals surface area contributed by atoms with E-state index in [4.69, 9.17) is 23.2 Å². The molecule has 0 unspecified atom stereocenters. The second kappa shape index (κ2) is 6.36. The predicted octanol–water partition coefficient (Wildman–Crippen LogP) is 2.44. The highest BCUT2D eigenvalue weighted by Crippen LogP contribution is 2.27. The Morgan fingerprint density at radius 3 is 2.61 bits per heavy atom. The van der Waals surface area contributed by atoms with Crippen LogP contribution in [0.15, 0.2) is 6.20 Å². The van der Waals surface area contributed by atoms with Crippen molar-refractivity contribution in [1.29, 1.82) is 0 Å². The number of aromatic nitrogens is 1. The Bertz CT molecular complexity index is 450. The summed E-state index contributed by atoms with van der Waals surface area (Å²) >= 11 is 11.9. The zero-order valence-electron chi connectivity index (χ0n) is 10.5. The van der Waals surface area contributed by atoms with Gasteiger partial charge in [0.05, 0.1) is 27.4 Å². The van der Waals surface area contributed by atoms with Crippen LogP contribution in [0.1, 0.15) is 29.9 Å². The molecule has 0 bridgehead atoms. The maximum absolute atomic E-state index is 11.9. The molecular weight excluding hydrogens is 275 g/mol. The smallest absolute Gasteiger partial charge is 0.254 e. The van der Waals surface area contributed by atoms with Crippen LogP contribution in [-0.2, 0) is 0 Å². The number of halogens is 2. The van der Waals surface area contributed by atoms with Crippen molar-refractivity contribution in [2.24, 2.45) is 5.92 Å². The number of aliphatic hydroxyl groups excluding tert-OH is 1. The van der Waals surface area contributed by atoms with Gasteiger partial charge in [0.15, 0.2) is 0 Å². The van der Waals surface area contributed by atoms with Gasteiger partial charge in [0.2, 0.25) is 0 Å². The first-order valence-corrected chi connectivity index (χ1v) is 6.37. The van der Waals surface area contributed by atoms with Gasteiger partial charge in [-0.15, -0.1) is 0 Å². The lowest BCUT2D eigenvalue weighted by atomic mass is 10.1. The number of carbonyl (C=O) groups is 1. The molecule has 0 spiro atoms. The standard InChI is InChI=1S/C12H16Cl2N2O2/c1-6(2)9(17)5-16-12(18)8-4-15-7(3)10(13)11(8)14/h4,6,9,17H,5H2,1-3H3,(H,16,18)/t9-/m1/s1. The summed E-state index contributed by atoms with van der Waals surface area (Å²) in [7, 11) is 0. The van der Waals surface area contributed by atoms with E-state index in [1.54, 1.807) is 6.92 Å². The molecule has 6 heteroatoms. The summed E-state index contributed by atoms with van der Waals surface area (Å²) in [6, 6.07) is 0. The molecule has 1 amide bonds. The molecule has 2 N–H and O–H groups in total. The number of amides is 1. The van der Waals surface area contributed by atoms with Gasteiger partial charge in [0.1, 0.15) is 0 Å². The van der Waals surface area contributed by atoms with Crippen molar-refractivity contribution in [3.05, 3.63) is 27.5 Å². The van der Waals surface area contributed by atoms with Gasteiger partial charge in [-0.1, -0.05) is 37.0 Å². The normalized spacial score (nSPS) is 12.6. The third kappa shape index (κ3) is 3.57. The van der Waals surface area contributed by atoms with Crippen LogP contribution >= 0.6 is 23.2 Å². The number of aryl methyl sites for hydroxylation is 1. The van der Waals surface area contributed by atoms with Crippen molar-refractivity contribution in [2.45, 2.75) is 26.9 Å². The number of carbonyl (C=O) groups excluding carboxylic acids is 1. The largest absolute Gasteiger partial charge is 0.391 e. The lowest BCUT2D eigenvalue weighted by molar-refractivity contribution is 0.0871. The van der Waals surface area contributed by atoms with Crippen molar-refractivity contribution in [3.8, 4) is 0 Å². The van der Waals surface area contributed by atoms with E-state index in [1.807, 2.05) is 13.8 Å². The molecule has 18 heavy (non-hydrogen) atoms. The molecule has 0 aliphatic heterocycles. The van der Waals surface area contributed by atoms with E-state index < -0.39 is 12.0 Å². The van der Waals surface area contributed by atoms with Crippen molar-refractivity contribution >= 4 is 29.1 Å². The summed E-state index contributed by atoms with van der Waals surface area (Å²) in [6.07, 6.45) is 0.780. The zero-order chi connectivity index (χ0) is 13.9. The Morgan fingerprint density at radius 1 is 1.44 bits per heavy atom. The van der Waals surface area contributed by atoms with Gasteiger partial charge >= 0.3 is 0 Å². The number of hydrogen-bond donors (Lipinski definition) is 2. The first-order chi connectivity index (χ1) is 8.34. The molecule has 1 atom stereocenters. The second-order valence-electron chi connectivity index (χ2n) is 4.41. The van der Waals surface area contributed by atoms with Crippen LogP contribution in [0.3, 0.4) is 0 Å². The second-order valence-corrected chi connectivity index (χ2v) is 5.16. The van der Waals surface area contributed by atoms with Crippen LogP contribution in [0.2, 0.25) is 10.0 Å². The molecule has 0 radical (unpaired) electrons. The summed E-state index contributed by atoms with van der Waals surface area (Å²) in [5, 5.41) is 12.6. The van der Waals surface area contributed by atoms with E-state index in [9.17, 15) is 9.90 Å². The van der Waals surface area contributed by atoms with Crippen LogP contribution in [0.4, 0.5) is 0 Å². The predicted molar refractivity (Wildman–Crippen MR) is 72.2 cm³/mol. The number of rotatable bonds is 4. The van der Waals surface area contributed by atoms with E-state index in [0.29, 0.717) is 5.69 Å². The van der Waals surface area contributed by atoms with Gasteiger partial charge in [0.25, 0.3) is 5.91 Å². The van der Waals surface area contributed by atoms with Crippen LogP contribution in [0.25, 0.3) is 0 Å². The van der Waals surface area contributed by atoms with Crippen LogP contribution < -0.4 is 5.32 Å². The summed E-state index contributed by atoms with van der Waals surface area (Å²) < 4.78 is 0. The molecule has 4 nitrogen and oxygen atoms in total. The summed E-state index contributed by atoms with van der Waals surface area (Å²) in [5.74, 6) is -0.324. The Morgan fingerprint density at radius 2 is 2.06 bits per heavy atom. The fraction of sp³-hybridized carbons (Fsp3) is 0.500.